The van der Waals surface area contributed by atoms with Crippen molar-refractivity contribution in [1.82, 2.24) is 19.8 Å². The zero-order chi connectivity index (χ0) is 28.0. The number of halogens is 8. The number of aromatic nitrogens is 3. The molecule has 1 aromatic heterocycles. The van der Waals surface area contributed by atoms with Crippen LogP contribution in [0.15, 0.2) is 52.3 Å². The molecule has 2 heterocycles. The van der Waals surface area contributed by atoms with Crippen LogP contribution in [0.4, 0.5) is 36.4 Å². The van der Waals surface area contributed by atoms with Crippen LogP contribution in [-0.4, -0.2) is 49.7 Å². The Morgan fingerprint density at radius 1 is 1.08 bits per heavy atom. The number of anilines is 1. The van der Waals surface area contributed by atoms with E-state index in [0.717, 1.165) is 18.2 Å². The molecule has 8 nitrogen and oxygen atoms in total. The fourth-order valence-electron chi connectivity index (χ4n) is 3.69. The van der Waals surface area contributed by atoms with Crippen LogP contribution in [0, 0.1) is 11.6 Å². The van der Waals surface area contributed by atoms with Gasteiger partial charge in [0.05, 0.1) is 13.1 Å². The highest BCUT2D eigenvalue weighted by molar-refractivity contribution is 6.30. The SMILES string of the molecule is CC(F)(F)C1=NC(Cn2nc(-c3ccc(Cl)cc3)n(C[C@H](O)C(F)(F)F)c2=O)NN1c1c(F)cccc1F. The standard InChI is InChI=1S/C22H18ClF7N6O2/c1-21(26,27)19-31-16(32-36(19)17-13(24)3-2-4-14(17)25)10-35-20(38)34(9-15(37)22(28,29)30)18(33-35)11-5-7-12(23)8-6-11/h2-8,15-16,32,37H,9-10H2,1H3/t15-,16?/m0/s1. The zero-order valence-electron chi connectivity index (χ0n) is 19.2. The minimum atomic E-state index is -5.05. The number of hydrogen-bond acceptors (Lipinski definition) is 6. The zero-order valence-corrected chi connectivity index (χ0v) is 20.0. The second-order valence-electron chi connectivity index (χ2n) is 8.35. The Balaban J connectivity index is 1.73. The van der Waals surface area contributed by atoms with E-state index in [2.05, 4.69) is 15.5 Å². The topological polar surface area (TPSA) is 87.7 Å². The van der Waals surface area contributed by atoms with E-state index in [1.54, 1.807) is 0 Å². The molecule has 0 bridgehead atoms. The van der Waals surface area contributed by atoms with Gasteiger partial charge in [-0.1, -0.05) is 17.7 Å². The summed E-state index contributed by atoms with van der Waals surface area (Å²) in [5.41, 5.74) is 0.540. The number of aliphatic hydroxyl groups excluding tert-OH is 1. The van der Waals surface area contributed by atoms with Crippen molar-refractivity contribution in [3.8, 4) is 11.4 Å². The van der Waals surface area contributed by atoms with E-state index >= 15 is 0 Å². The van der Waals surface area contributed by atoms with Gasteiger partial charge in [-0.2, -0.15) is 22.0 Å². The van der Waals surface area contributed by atoms with Crippen LogP contribution in [0.25, 0.3) is 11.4 Å². The van der Waals surface area contributed by atoms with Crippen molar-refractivity contribution >= 4 is 23.1 Å². The van der Waals surface area contributed by atoms with Crippen molar-refractivity contribution in [2.75, 3.05) is 5.01 Å². The van der Waals surface area contributed by atoms with Gasteiger partial charge in [0.2, 0.25) is 0 Å². The second-order valence-corrected chi connectivity index (χ2v) is 8.79. The Kier molecular flexibility index (Phi) is 7.29. The van der Waals surface area contributed by atoms with Crippen LogP contribution in [0.5, 0.6) is 0 Å². The lowest BCUT2D eigenvalue weighted by Crippen LogP contribution is -2.48. The maximum Gasteiger partial charge on any atom is 0.416 e. The van der Waals surface area contributed by atoms with E-state index in [-0.39, 0.29) is 16.4 Å². The molecule has 0 saturated carbocycles. The van der Waals surface area contributed by atoms with E-state index < -0.39 is 66.3 Å². The van der Waals surface area contributed by atoms with Crippen LogP contribution in [0.1, 0.15) is 6.92 Å². The molecule has 4 rings (SSSR count). The van der Waals surface area contributed by atoms with Crippen molar-refractivity contribution in [1.29, 1.82) is 0 Å². The number of hydrogen-bond donors (Lipinski definition) is 2. The van der Waals surface area contributed by atoms with E-state index in [9.17, 15) is 40.6 Å². The summed E-state index contributed by atoms with van der Waals surface area (Å²) in [4.78, 5) is 16.8. The second kappa shape index (κ2) is 10.0. The van der Waals surface area contributed by atoms with Gasteiger partial charge in [-0.25, -0.2) is 28.7 Å². The average Bonchev–Trinajstić information content (AvgIpc) is 3.36. The normalized spacial score (nSPS) is 17.2. The van der Waals surface area contributed by atoms with E-state index in [1.165, 1.54) is 24.3 Å². The lowest BCUT2D eigenvalue weighted by atomic mass is 10.2. The highest BCUT2D eigenvalue weighted by Crippen LogP contribution is 2.30. The van der Waals surface area contributed by atoms with Gasteiger partial charge in [-0.15, -0.1) is 5.10 Å². The molecule has 2 aromatic carbocycles. The van der Waals surface area contributed by atoms with Crippen LogP contribution >= 0.6 is 11.6 Å². The summed E-state index contributed by atoms with van der Waals surface area (Å²) in [5.74, 6) is -7.39. The number of aliphatic hydroxyl groups is 1. The summed E-state index contributed by atoms with van der Waals surface area (Å²) in [6.07, 6.45) is -9.40. The number of benzene rings is 2. The third-order valence-electron chi connectivity index (χ3n) is 5.43. The van der Waals surface area contributed by atoms with Crippen molar-refractivity contribution in [3.05, 3.63) is 69.6 Å². The molecule has 1 aliphatic heterocycles. The molecule has 0 amide bonds. The molecule has 3 aromatic rings. The molecule has 38 heavy (non-hydrogen) atoms. The first-order valence-corrected chi connectivity index (χ1v) is 11.2. The molecule has 0 fully saturated rings. The lowest BCUT2D eigenvalue weighted by molar-refractivity contribution is -0.207. The molecule has 1 unspecified atom stereocenters. The number of aliphatic imine (C=N–C) groups is 1. The lowest BCUT2D eigenvalue weighted by Gasteiger charge is -2.25. The maximum absolute atomic E-state index is 14.4. The molecule has 1 aliphatic rings. The average molecular weight is 567 g/mol. The van der Waals surface area contributed by atoms with Gasteiger partial charge in [-0.3, -0.25) is 9.58 Å². The molecule has 0 aliphatic carbocycles. The van der Waals surface area contributed by atoms with Gasteiger partial charge in [-0.05, 0) is 36.4 Å². The number of nitrogens with one attached hydrogen (secondary N) is 1. The van der Waals surface area contributed by atoms with Crippen LogP contribution in [0.3, 0.4) is 0 Å². The molecule has 0 spiro atoms. The highest BCUT2D eigenvalue weighted by Gasteiger charge is 2.43. The molecular formula is C22H18ClF7N6O2. The fourth-order valence-corrected chi connectivity index (χ4v) is 3.81. The molecular weight excluding hydrogens is 549 g/mol. The van der Waals surface area contributed by atoms with E-state index in [0.29, 0.717) is 21.2 Å². The number of amidine groups is 1. The molecule has 204 valence electrons. The van der Waals surface area contributed by atoms with Crippen molar-refractivity contribution in [2.45, 2.75) is 44.4 Å². The van der Waals surface area contributed by atoms with Gasteiger partial charge in [0.25, 0.3) is 0 Å². The van der Waals surface area contributed by atoms with Crippen LogP contribution < -0.4 is 16.1 Å². The predicted molar refractivity (Wildman–Crippen MR) is 123 cm³/mol. The van der Waals surface area contributed by atoms with Gasteiger partial charge in [0, 0.05) is 17.5 Å². The van der Waals surface area contributed by atoms with Crippen LogP contribution in [0.2, 0.25) is 5.02 Å². The quantitative estimate of drug-likeness (QED) is 0.423. The summed E-state index contributed by atoms with van der Waals surface area (Å²) in [5, 5.41) is 14.3. The summed E-state index contributed by atoms with van der Waals surface area (Å²) >= 11 is 5.84. The molecule has 0 saturated heterocycles. The van der Waals surface area contributed by atoms with E-state index in [1.807, 2.05) is 0 Å². The minimum absolute atomic E-state index is 0.165. The van der Waals surface area contributed by atoms with Gasteiger partial charge >= 0.3 is 17.8 Å². The van der Waals surface area contributed by atoms with E-state index in [4.69, 9.17) is 11.6 Å². The summed E-state index contributed by atoms with van der Waals surface area (Å²) < 4.78 is 97.6. The highest BCUT2D eigenvalue weighted by atomic mass is 35.5. The smallest absolute Gasteiger partial charge is 0.382 e. The minimum Gasteiger partial charge on any atom is -0.382 e. The van der Waals surface area contributed by atoms with Crippen molar-refractivity contribution in [3.63, 3.8) is 0 Å². The summed E-state index contributed by atoms with van der Waals surface area (Å²) in [7, 11) is 0. The Hall–Kier alpha value is -3.43. The number of para-hydroxylation sites is 1. The molecule has 2 N–H and O–H groups in total. The van der Waals surface area contributed by atoms with Gasteiger partial charge in [0.1, 0.15) is 11.9 Å². The third kappa shape index (κ3) is 5.54. The third-order valence-corrected chi connectivity index (χ3v) is 5.68. The first kappa shape index (κ1) is 27.6. The van der Waals surface area contributed by atoms with Crippen molar-refractivity contribution in [2.24, 2.45) is 4.99 Å². The molecule has 16 heteroatoms. The largest absolute Gasteiger partial charge is 0.416 e. The Labute approximate surface area is 214 Å². The summed E-state index contributed by atoms with van der Waals surface area (Å²) in [6.45, 7) is -1.40. The number of alkyl halides is 5. The maximum atomic E-state index is 14.4. The van der Waals surface area contributed by atoms with Gasteiger partial charge in [0.15, 0.2) is 29.4 Å². The Morgan fingerprint density at radius 3 is 2.24 bits per heavy atom. The summed E-state index contributed by atoms with van der Waals surface area (Å²) in [6, 6.07) is 8.24. The number of nitrogens with zero attached hydrogens (tertiary/aromatic N) is 5. The number of hydrazine groups is 1. The Morgan fingerprint density at radius 2 is 1.68 bits per heavy atom. The predicted octanol–water partition coefficient (Wildman–Crippen LogP) is 3.97. The molecule has 0 radical (unpaired) electrons. The first-order valence-electron chi connectivity index (χ1n) is 10.8. The number of rotatable bonds is 7. The monoisotopic (exact) mass is 566 g/mol. The van der Waals surface area contributed by atoms with Gasteiger partial charge < -0.3 is 5.11 Å². The Bertz CT molecular complexity index is 1400. The fraction of sp³-hybridized carbons (Fsp3) is 0.318. The van der Waals surface area contributed by atoms with Crippen LogP contribution in [-0.2, 0) is 13.1 Å². The first-order chi connectivity index (χ1) is 17.7. The molecule has 2 atom stereocenters. The van der Waals surface area contributed by atoms with Crippen molar-refractivity contribution < 1.29 is 35.8 Å².